The Bertz CT molecular complexity index is 901. The van der Waals surface area contributed by atoms with Gasteiger partial charge in [-0.05, 0) is 37.5 Å². The molecule has 6 nitrogen and oxygen atoms in total. The highest BCUT2D eigenvalue weighted by Gasteiger charge is 2.35. The van der Waals surface area contributed by atoms with Gasteiger partial charge in [-0.2, -0.15) is 0 Å². The molecule has 0 spiro atoms. The van der Waals surface area contributed by atoms with Crippen LogP contribution in [0.4, 0.5) is 5.69 Å². The van der Waals surface area contributed by atoms with E-state index in [1.54, 1.807) is 4.90 Å². The molecule has 0 aromatic heterocycles. The second kappa shape index (κ2) is 8.90. The minimum absolute atomic E-state index is 0.0776. The molecule has 1 heterocycles. The van der Waals surface area contributed by atoms with Crippen molar-refractivity contribution in [2.45, 2.75) is 33.7 Å². The number of ether oxygens (including phenoxy) is 1. The largest absolute Gasteiger partial charge is 0.455 e. The van der Waals surface area contributed by atoms with Crippen LogP contribution in [-0.4, -0.2) is 35.8 Å². The summed E-state index contributed by atoms with van der Waals surface area (Å²) in [5.41, 5.74) is 4.79. The standard InChI is InChI=1S/C23H26N2O4/c1-15-9-16(2)22(17(3)10-15)24-20(26)14-29-23(28)19-11-21(27)25(13-19)12-18-7-5-4-6-8-18/h4-10,19H,11-14H2,1-3H3,(H,24,26)/t19-/m1/s1. The molecule has 2 aromatic rings. The second-order valence-corrected chi connectivity index (χ2v) is 7.59. The fourth-order valence-electron chi connectivity index (χ4n) is 3.69. The maximum atomic E-state index is 12.3. The molecule has 3 rings (SSSR count). The molecule has 0 aliphatic carbocycles. The van der Waals surface area contributed by atoms with Crippen LogP contribution in [-0.2, 0) is 25.7 Å². The number of carbonyl (C=O) groups excluding carboxylic acids is 3. The van der Waals surface area contributed by atoms with E-state index < -0.39 is 11.9 Å². The van der Waals surface area contributed by atoms with Gasteiger partial charge < -0.3 is 15.0 Å². The molecule has 1 fully saturated rings. The Morgan fingerprint density at radius 1 is 1.10 bits per heavy atom. The number of benzene rings is 2. The molecule has 2 amide bonds. The number of nitrogens with one attached hydrogen (secondary N) is 1. The zero-order valence-electron chi connectivity index (χ0n) is 17.0. The van der Waals surface area contributed by atoms with Gasteiger partial charge in [0.05, 0.1) is 5.92 Å². The number of likely N-dealkylation sites (tertiary alicyclic amines) is 1. The first kappa shape index (κ1) is 20.6. The summed E-state index contributed by atoms with van der Waals surface area (Å²) in [4.78, 5) is 38.4. The minimum atomic E-state index is -0.540. The number of amides is 2. The Kier molecular flexibility index (Phi) is 6.32. The van der Waals surface area contributed by atoms with Crippen LogP contribution in [0, 0.1) is 26.7 Å². The predicted molar refractivity (Wildman–Crippen MR) is 110 cm³/mol. The van der Waals surface area contributed by atoms with Gasteiger partial charge in [0, 0.05) is 25.2 Å². The van der Waals surface area contributed by atoms with Crippen LogP contribution in [0.25, 0.3) is 0 Å². The van der Waals surface area contributed by atoms with Crippen LogP contribution in [0.1, 0.15) is 28.7 Å². The smallest absolute Gasteiger partial charge is 0.311 e. The average molecular weight is 394 g/mol. The summed E-state index contributed by atoms with van der Waals surface area (Å²) in [6, 6.07) is 13.6. The lowest BCUT2D eigenvalue weighted by molar-refractivity contribution is -0.151. The fraction of sp³-hybridized carbons (Fsp3) is 0.348. The van der Waals surface area contributed by atoms with E-state index in [1.807, 2.05) is 63.2 Å². The minimum Gasteiger partial charge on any atom is -0.455 e. The van der Waals surface area contributed by atoms with Crippen molar-refractivity contribution in [2.24, 2.45) is 5.92 Å². The topological polar surface area (TPSA) is 75.7 Å². The molecule has 2 aromatic carbocycles. The lowest BCUT2D eigenvalue weighted by Gasteiger charge is -2.16. The van der Waals surface area contributed by atoms with Crippen molar-refractivity contribution in [3.05, 3.63) is 64.7 Å². The van der Waals surface area contributed by atoms with Crippen molar-refractivity contribution in [3.63, 3.8) is 0 Å². The highest BCUT2D eigenvalue weighted by atomic mass is 16.5. The Labute approximate surface area is 170 Å². The van der Waals surface area contributed by atoms with Crippen LogP contribution < -0.4 is 5.32 Å². The molecule has 6 heteroatoms. The molecule has 0 bridgehead atoms. The zero-order chi connectivity index (χ0) is 21.0. The SMILES string of the molecule is Cc1cc(C)c(NC(=O)COC(=O)[C@@H]2CC(=O)N(Cc3ccccc3)C2)c(C)c1. The normalized spacial score (nSPS) is 16.0. The number of anilines is 1. The van der Waals surface area contributed by atoms with E-state index in [-0.39, 0.29) is 24.8 Å². The molecular weight excluding hydrogens is 368 g/mol. The van der Waals surface area contributed by atoms with Crippen molar-refractivity contribution < 1.29 is 19.1 Å². The molecule has 0 radical (unpaired) electrons. The van der Waals surface area contributed by atoms with Crippen molar-refractivity contribution in [2.75, 3.05) is 18.5 Å². The van der Waals surface area contributed by atoms with E-state index in [9.17, 15) is 14.4 Å². The Morgan fingerprint density at radius 2 is 1.76 bits per heavy atom. The van der Waals surface area contributed by atoms with Crippen LogP contribution in [0.3, 0.4) is 0 Å². The first-order chi connectivity index (χ1) is 13.8. The highest BCUT2D eigenvalue weighted by molar-refractivity contribution is 5.95. The van der Waals surface area contributed by atoms with E-state index >= 15 is 0 Å². The highest BCUT2D eigenvalue weighted by Crippen LogP contribution is 2.23. The molecule has 29 heavy (non-hydrogen) atoms. The summed E-state index contributed by atoms with van der Waals surface area (Å²) in [7, 11) is 0. The van der Waals surface area contributed by atoms with E-state index in [4.69, 9.17) is 4.74 Å². The Morgan fingerprint density at radius 3 is 2.41 bits per heavy atom. The first-order valence-electron chi connectivity index (χ1n) is 9.69. The molecule has 1 atom stereocenters. The molecular formula is C23H26N2O4. The molecule has 1 aliphatic rings. The number of hydrogen-bond donors (Lipinski definition) is 1. The Hall–Kier alpha value is -3.15. The quantitative estimate of drug-likeness (QED) is 0.764. The predicted octanol–water partition coefficient (Wildman–Crippen LogP) is 3.14. The van der Waals surface area contributed by atoms with Gasteiger partial charge in [-0.1, -0.05) is 48.0 Å². The maximum absolute atomic E-state index is 12.3. The number of aryl methyl sites for hydroxylation is 3. The molecule has 152 valence electrons. The molecule has 1 aliphatic heterocycles. The summed E-state index contributed by atoms with van der Waals surface area (Å²) < 4.78 is 5.18. The monoisotopic (exact) mass is 394 g/mol. The van der Waals surface area contributed by atoms with E-state index in [0.29, 0.717) is 13.1 Å². The summed E-state index contributed by atoms with van der Waals surface area (Å²) in [6.07, 6.45) is 0.115. The van der Waals surface area contributed by atoms with Gasteiger partial charge in [-0.25, -0.2) is 0 Å². The van der Waals surface area contributed by atoms with Crippen molar-refractivity contribution in [3.8, 4) is 0 Å². The van der Waals surface area contributed by atoms with Gasteiger partial charge in [0.1, 0.15) is 0 Å². The van der Waals surface area contributed by atoms with Crippen LogP contribution in [0.5, 0.6) is 0 Å². The number of rotatable bonds is 6. The van der Waals surface area contributed by atoms with Crippen LogP contribution in [0.15, 0.2) is 42.5 Å². The van der Waals surface area contributed by atoms with Gasteiger partial charge in [0.15, 0.2) is 6.61 Å². The third-order valence-corrected chi connectivity index (χ3v) is 5.05. The second-order valence-electron chi connectivity index (χ2n) is 7.59. The zero-order valence-corrected chi connectivity index (χ0v) is 17.0. The van der Waals surface area contributed by atoms with Crippen LogP contribution >= 0.6 is 0 Å². The third kappa shape index (κ3) is 5.22. The number of hydrogen-bond acceptors (Lipinski definition) is 4. The van der Waals surface area contributed by atoms with Crippen molar-refractivity contribution in [1.82, 2.24) is 4.90 Å². The molecule has 1 saturated heterocycles. The first-order valence-corrected chi connectivity index (χ1v) is 9.69. The van der Waals surface area contributed by atoms with E-state index in [0.717, 1.165) is 27.9 Å². The van der Waals surface area contributed by atoms with Crippen LogP contribution in [0.2, 0.25) is 0 Å². The summed E-state index contributed by atoms with van der Waals surface area (Å²) in [6.45, 7) is 6.26. The average Bonchev–Trinajstić information content (AvgIpc) is 3.04. The van der Waals surface area contributed by atoms with Crippen molar-refractivity contribution >= 4 is 23.5 Å². The number of nitrogens with zero attached hydrogens (tertiary/aromatic N) is 1. The van der Waals surface area contributed by atoms with E-state index in [2.05, 4.69) is 5.32 Å². The molecule has 0 saturated carbocycles. The van der Waals surface area contributed by atoms with Gasteiger partial charge in [0.25, 0.3) is 5.91 Å². The summed E-state index contributed by atoms with van der Waals surface area (Å²) in [5.74, 6) is -1.52. The molecule has 0 unspecified atom stereocenters. The van der Waals surface area contributed by atoms with E-state index in [1.165, 1.54) is 0 Å². The van der Waals surface area contributed by atoms with Crippen molar-refractivity contribution in [1.29, 1.82) is 0 Å². The summed E-state index contributed by atoms with van der Waals surface area (Å²) in [5, 5.41) is 2.81. The lowest BCUT2D eigenvalue weighted by Crippen LogP contribution is -2.28. The summed E-state index contributed by atoms with van der Waals surface area (Å²) >= 11 is 0. The lowest BCUT2D eigenvalue weighted by atomic mass is 10.1. The molecule has 1 N–H and O–H groups in total. The fourth-order valence-corrected chi connectivity index (χ4v) is 3.69. The van der Waals surface area contributed by atoms with Gasteiger partial charge in [-0.3, -0.25) is 14.4 Å². The third-order valence-electron chi connectivity index (χ3n) is 5.05. The van der Waals surface area contributed by atoms with Gasteiger partial charge in [0.2, 0.25) is 5.91 Å². The van der Waals surface area contributed by atoms with Gasteiger partial charge in [-0.15, -0.1) is 0 Å². The number of esters is 1. The Balaban J connectivity index is 1.51. The van der Waals surface area contributed by atoms with Gasteiger partial charge >= 0.3 is 5.97 Å². The maximum Gasteiger partial charge on any atom is 0.311 e. The number of carbonyl (C=O) groups is 3.